The SMILES string of the molecule is CC(C)(C)OC(=O)N1CCNCC1C(=O)COc1ccc(C2CCN(C3=Nn4c(nnc4C(F)(F)F)CC3)CC2)cc1. The van der Waals surface area contributed by atoms with E-state index in [1.807, 2.05) is 29.2 Å². The number of amides is 1. The molecule has 1 amide bonds. The number of aromatic nitrogens is 3. The Hall–Kier alpha value is -3.68. The average molecular weight is 592 g/mol. The molecule has 4 heterocycles. The summed E-state index contributed by atoms with van der Waals surface area (Å²) in [6.07, 6.45) is -2.58. The van der Waals surface area contributed by atoms with Gasteiger partial charge in [0.1, 0.15) is 29.8 Å². The van der Waals surface area contributed by atoms with Crippen LogP contribution in [-0.2, 0) is 22.1 Å². The minimum Gasteiger partial charge on any atom is -0.486 e. The molecule has 1 N–H and O–H groups in total. The van der Waals surface area contributed by atoms with Crippen LogP contribution in [0.1, 0.15) is 63.2 Å². The molecular weight excluding hydrogens is 555 g/mol. The molecule has 3 aliphatic rings. The number of piperidine rings is 1. The summed E-state index contributed by atoms with van der Waals surface area (Å²) in [5, 5.41) is 14.3. The number of hydrogen-bond donors (Lipinski definition) is 1. The number of ketones is 1. The average Bonchev–Trinajstić information content (AvgIpc) is 3.40. The van der Waals surface area contributed by atoms with Crippen LogP contribution in [0.15, 0.2) is 29.4 Å². The molecule has 1 atom stereocenters. The minimum absolute atomic E-state index is 0.171. The highest BCUT2D eigenvalue weighted by atomic mass is 19.4. The fourth-order valence-corrected chi connectivity index (χ4v) is 5.45. The summed E-state index contributed by atoms with van der Waals surface area (Å²) in [6, 6.07) is 6.95. The number of Topliss-reactive ketones (excluding diaryl/α,β-unsaturated/α-hetero) is 1. The third kappa shape index (κ3) is 6.85. The molecule has 42 heavy (non-hydrogen) atoms. The molecule has 1 aromatic heterocycles. The summed E-state index contributed by atoms with van der Waals surface area (Å²) in [5.74, 6) is 0.381. The van der Waals surface area contributed by atoms with Crippen LogP contribution in [0.2, 0.25) is 0 Å². The van der Waals surface area contributed by atoms with Crippen molar-refractivity contribution in [3.63, 3.8) is 0 Å². The molecule has 3 aliphatic heterocycles. The fraction of sp³-hybridized carbons (Fsp3) is 0.607. The van der Waals surface area contributed by atoms with E-state index >= 15 is 0 Å². The molecule has 0 saturated carbocycles. The Kier molecular flexibility index (Phi) is 8.44. The number of carbonyl (C=O) groups is 2. The van der Waals surface area contributed by atoms with Crippen LogP contribution in [0.25, 0.3) is 0 Å². The normalized spacial score (nSPS) is 20.1. The molecular formula is C28H36F3N7O4. The van der Waals surface area contributed by atoms with Crippen molar-refractivity contribution in [2.24, 2.45) is 5.10 Å². The summed E-state index contributed by atoms with van der Waals surface area (Å²) >= 11 is 0. The topological polar surface area (TPSA) is 114 Å². The number of piperazine rings is 1. The van der Waals surface area contributed by atoms with E-state index in [1.54, 1.807) is 20.8 Å². The molecule has 2 saturated heterocycles. The standard InChI is InChI=1S/C28H36F3N7O4/c1-27(2,3)42-26(40)37-15-12-32-16-21(37)22(39)17-41-20-6-4-18(5-7-20)19-10-13-36(14-11-19)24-9-8-23-33-34-25(28(29,30)31)38(23)35-24/h4-7,19,21,32H,8-17H2,1-3H3. The van der Waals surface area contributed by atoms with Crippen molar-refractivity contribution in [1.29, 1.82) is 0 Å². The zero-order valence-electron chi connectivity index (χ0n) is 24.0. The number of fused-ring (bicyclic) bond motifs is 1. The third-order valence-electron chi connectivity index (χ3n) is 7.58. The van der Waals surface area contributed by atoms with E-state index < -0.39 is 29.7 Å². The predicted molar refractivity (Wildman–Crippen MR) is 146 cm³/mol. The van der Waals surface area contributed by atoms with Crippen LogP contribution in [0, 0.1) is 0 Å². The molecule has 1 unspecified atom stereocenters. The Morgan fingerprint density at radius 2 is 1.74 bits per heavy atom. The highest BCUT2D eigenvalue weighted by Crippen LogP contribution is 2.32. The first kappa shape index (κ1) is 29.8. The molecule has 0 bridgehead atoms. The van der Waals surface area contributed by atoms with E-state index in [0.717, 1.165) is 23.1 Å². The summed E-state index contributed by atoms with van der Waals surface area (Å²) in [6.45, 7) is 7.85. The molecule has 2 aromatic rings. The number of ether oxygens (including phenoxy) is 2. The van der Waals surface area contributed by atoms with Crippen LogP contribution >= 0.6 is 0 Å². The maximum absolute atomic E-state index is 13.3. The molecule has 14 heteroatoms. The van der Waals surface area contributed by atoms with Crippen LogP contribution < -0.4 is 10.1 Å². The quantitative estimate of drug-likeness (QED) is 0.563. The Morgan fingerprint density at radius 3 is 2.40 bits per heavy atom. The van der Waals surface area contributed by atoms with Gasteiger partial charge in [-0.1, -0.05) is 12.1 Å². The molecule has 228 valence electrons. The van der Waals surface area contributed by atoms with Gasteiger partial charge in [0.2, 0.25) is 0 Å². The first-order valence-electron chi connectivity index (χ1n) is 14.2. The van der Waals surface area contributed by atoms with Crippen molar-refractivity contribution in [2.45, 2.75) is 70.2 Å². The van der Waals surface area contributed by atoms with E-state index in [0.29, 0.717) is 57.2 Å². The lowest BCUT2D eigenvalue weighted by atomic mass is 9.89. The number of hydrogen-bond acceptors (Lipinski definition) is 9. The fourth-order valence-electron chi connectivity index (χ4n) is 5.45. The number of amidine groups is 1. The summed E-state index contributed by atoms with van der Waals surface area (Å²) in [4.78, 5) is 29.1. The highest BCUT2D eigenvalue weighted by Gasteiger charge is 2.40. The van der Waals surface area contributed by atoms with Crippen molar-refractivity contribution in [2.75, 3.05) is 39.3 Å². The molecule has 2 fully saturated rings. The number of halogens is 3. The minimum atomic E-state index is -4.61. The van der Waals surface area contributed by atoms with Crippen LogP contribution in [0.3, 0.4) is 0 Å². The largest absolute Gasteiger partial charge is 0.486 e. The van der Waals surface area contributed by atoms with Gasteiger partial charge >= 0.3 is 12.3 Å². The van der Waals surface area contributed by atoms with E-state index in [1.165, 1.54) is 4.90 Å². The van der Waals surface area contributed by atoms with Gasteiger partial charge in [0, 0.05) is 45.6 Å². The van der Waals surface area contributed by atoms with Gasteiger partial charge in [-0.25, -0.2) is 4.79 Å². The Labute approximate surface area is 242 Å². The van der Waals surface area contributed by atoms with Gasteiger partial charge in [0.15, 0.2) is 11.6 Å². The number of aryl methyl sites for hydroxylation is 1. The number of nitrogens with zero attached hydrogens (tertiary/aromatic N) is 6. The van der Waals surface area contributed by atoms with E-state index in [-0.39, 0.29) is 24.1 Å². The van der Waals surface area contributed by atoms with Crippen molar-refractivity contribution in [3.05, 3.63) is 41.5 Å². The van der Waals surface area contributed by atoms with E-state index in [9.17, 15) is 22.8 Å². The highest BCUT2D eigenvalue weighted by molar-refractivity contribution is 5.89. The summed E-state index contributed by atoms with van der Waals surface area (Å²) in [7, 11) is 0. The van der Waals surface area contributed by atoms with Gasteiger partial charge in [-0.15, -0.1) is 10.2 Å². The number of rotatable bonds is 5. The van der Waals surface area contributed by atoms with Gasteiger partial charge in [-0.3, -0.25) is 9.69 Å². The maximum atomic E-state index is 13.3. The second kappa shape index (κ2) is 11.9. The lowest BCUT2D eigenvalue weighted by Gasteiger charge is -2.36. The van der Waals surface area contributed by atoms with Gasteiger partial charge in [0.25, 0.3) is 5.82 Å². The molecule has 0 radical (unpaired) electrons. The Morgan fingerprint density at radius 1 is 1.02 bits per heavy atom. The second-order valence-corrected chi connectivity index (χ2v) is 11.7. The summed E-state index contributed by atoms with van der Waals surface area (Å²) < 4.78 is 51.8. The lowest BCUT2D eigenvalue weighted by molar-refractivity contribution is -0.147. The molecule has 0 aliphatic carbocycles. The van der Waals surface area contributed by atoms with Crippen molar-refractivity contribution in [3.8, 4) is 5.75 Å². The predicted octanol–water partition coefficient (Wildman–Crippen LogP) is 3.44. The van der Waals surface area contributed by atoms with Crippen molar-refractivity contribution in [1.82, 2.24) is 30.0 Å². The van der Waals surface area contributed by atoms with E-state index in [4.69, 9.17) is 9.47 Å². The first-order chi connectivity index (χ1) is 19.9. The molecule has 0 spiro atoms. The van der Waals surface area contributed by atoms with Crippen molar-refractivity contribution >= 4 is 17.7 Å². The van der Waals surface area contributed by atoms with Gasteiger partial charge in [0.05, 0.1) is 0 Å². The number of likely N-dealkylation sites (tertiary alicyclic amines) is 1. The monoisotopic (exact) mass is 591 g/mol. The zero-order valence-corrected chi connectivity index (χ0v) is 24.0. The van der Waals surface area contributed by atoms with Gasteiger partial charge < -0.3 is 19.7 Å². The number of alkyl halides is 3. The number of nitrogens with one attached hydrogen (secondary N) is 1. The maximum Gasteiger partial charge on any atom is 0.453 e. The lowest BCUT2D eigenvalue weighted by Crippen LogP contribution is -2.58. The van der Waals surface area contributed by atoms with Crippen LogP contribution in [0.4, 0.5) is 18.0 Å². The van der Waals surface area contributed by atoms with E-state index in [2.05, 4.69) is 20.6 Å². The Balaban J connectivity index is 1.13. The third-order valence-corrected chi connectivity index (χ3v) is 7.58. The van der Waals surface area contributed by atoms with Gasteiger partial charge in [-0.05, 0) is 57.2 Å². The molecule has 11 nitrogen and oxygen atoms in total. The molecule has 1 aromatic carbocycles. The molecule has 5 rings (SSSR count). The van der Waals surface area contributed by atoms with Crippen LogP contribution in [-0.4, -0.2) is 93.4 Å². The number of benzene rings is 1. The van der Waals surface area contributed by atoms with Gasteiger partial charge in [-0.2, -0.15) is 22.9 Å². The first-order valence-corrected chi connectivity index (χ1v) is 14.2. The summed E-state index contributed by atoms with van der Waals surface area (Å²) in [5.41, 5.74) is 0.476. The second-order valence-electron chi connectivity index (χ2n) is 11.7. The van der Waals surface area contributed by atoms with Crippen molar-refractivity contribution < 1.29 is 32.2 Å². The number of carbonyl (C=O) groups excluding carboxylic acids is 2. The van der Waals surface area contributed by atoms with Crippen LogP contribution in [0.5, 0.6) is 5.75 Å². The smallest absolute Gasteiger partial charge is 0.453 e. The zero-order chi connectivity index (χ0) is 30.1. The Bertz CT molecular complexity index is 1310.